The van der Waals surface area contributed by atoms with Crippen LogP contribution < -0.4 is 0 Å². The lowest BCUT2D eigenvalue weighted by Crippen LogP contribution is -2.52. The van der Waals surface area contributed by atoms with E-state index >= 15 is 0 Å². The molecule has 7 atom stereocenters. The van der Waals surface area contributed by atoms with Crippen molar-refractivity contribution in [1.82, 2.24) is 0 Å². The van der Waals surface area contributed by atoms with Crippen LogP contribution in [0.3, 0.4) is 0 Å². The van der Waals surface area contributed by atoms with Gasteiger partial charge in [-0.3, -0.25) is 0 Å². The minimum atomic E-state index is -4.38. The van der Waals surface area contributed by atoms with Crippen molar-refractivity contribution in [3.8, 4) is 0 Å². The summed E-state index contributed by atoms with van der Waals surface area (Å²) in [5, 5.41) is 24.6. The Kier molecular flexibility index (Phi) is 7.11. The summed E-state index contributed by atoms with van der Waals surface area (Å²) in [6.45, 7) is -2.05. The smallest absolute Gasteiger partial charge is 0.311 e. The van der Waals surface area contributed by atoms with Crippen LogP contribution in [0.25, 0.3) is 0 Å². The van der Waals surface area contributed by atoms with E-state index in [1.54, 1.807) is 0 Å². The van der Waals surface area contributed by atoms with Crippen LogP contribution in [0.15, 0.2) is 0 Å². The van der Waals surface area contributed by atoms with Gasteiger partial charge in [0.2, 0.25) is 6.17 Å². The molecule has 0 amide bonds. The molecule has 11 heteroatoms. The lowest BCUT2D eigenvalue weighted by Gasteiger charge is -2.27. The van der Waals surface area contributed by atoms with Gasteiger partial charge in [-0.2, -0.15) is 0 Å². The van der Waals surface area contributed by atoms with E-state index in [4.69, 9.17) is 15.3 Å². The Morgan fingerprint density at radius 2 is 1.00 bits per heavy atom. The van der Waals surface area contributed by atoms with Gasteiger partial charge in [0, 0.05) is 0 Å². The summed E-state index contributed by atoms with van der Waals surface area (Å²) in [4.78, 5) is 0. The molecular weight excluding hydrogens is 308 g/mol. The topological polar surface area (TPSA) is 60.7 Å². The highest BCUT2D eigenvalue weighted by atomic mass is 19.2. The van der Waals surface area contributed by atoms with Crippen LogP contribution in [-0.2, 0) is 0 Å². The molecule has 0 saturated carbocycles. The van der Waals surface area contributed by atoms with Crippen molar-refractivity contribution in [3.63, 3.8) is 0 Å². The molecule has 20 heavy (non-hydrogen) atoms. The molecule has 3 N–H and O–H groups in total. The monoisotopic (exact) mass is 320 g/mol. The van der Waals surface area contributed by atoms with Gasteiger partial charge in [-0.1, -0.05) is 0 Å². The fourth-order valence-electron chi connectivity index (χ4n) is 1.19. The van der Waals surface area contributed by atoms with Gasteiger partial charge in [-0.25, -0.2) is 35.1 Å². The zero-order valence-electron chi connectivity index (χ0n) is 9.61. The quantitative estimate of drug-likeness (QED) is 0.461. The van der Waals surface area contributed by atoms with Crippen LogP contribution >= 0.6 is 0 Å². The van der Waals surface area contributed by atoms with Gasteiger partial charge in [0.25, 0.3) is 0 Å². The standard InChI is InChI=1S/C9H12F8O3/c10-1-2(11)3(12)4(13)5(14)6(15)7(16)8(17)9(18,19)20/h2-8,18-20H,1H2. The molecule has 0 saturated heterocycles. The van der Waals surface area contributed by atoms with Gasteiger partial charge in [0.15, 0.2) is 37.0 Å². The second kappa shape index (κ2) is 7.36. The Bertz CT molecular complexity index is 289. The molecule has 0 aliphatic rings. The van der Waals surface area contributed by atoms with E-state index in [2.05, 4.69) is 0 Å². The third-order valence-electron chi connectivity index (χ3n) is 2.36. The van der Waals surface area contributed by atoms with E-state index in [9.17, 15) is 35.1 Å². The van der Waals surface area contributed by atoms with Gasteiger partial charge in [-0.05, 0) is 0 Å². The van der Waals surface area contributed by atoms with E-state index in [-0.39, 0.29) is 0 Å². The average molecular weight is 320 g/mol. The van der Waals surface area contributed by atoms with E-state index in [1.807, 2.05) is 0 Å². The highest BCUT2D eigenvalue weighted by Crippen LogP contribution is 2.28. The first-order chi connectivity index (χ1) is 8.95. The lowest BCUT2D eigenvalue weighted by molar-refractivity contribution is -0.352. The summed E-state index contributed by atoms with van der Waals surface area (Å²) < 4.78 is 101. The molecule has 0 fully saturated rings. The maximum atomic E-state index is 13.0. The second-order valence-electron chi connectivity index (χ2n) is 3.98. The summed E-state index contributed by atoms with van der Waals surface area (Å²) in [5.74, 6) is -4.38. The lowest BCUT2D eigenvalue weighted by atomic mass is 9.99. The van der Waals surface area contributed by atoms with Crippen molar-refractivity contribution < 1.29 is 50.4 Å². The van der Waals surface area contributed by atoms with E-state index in [0.29, 0.717) is 0 Å². The normalized spacial score (nSPS) is 23.6. The fraction of sp³-hybridized carbons (Fsp3) is 1.00. The zero-order valence-corrected chi connectivity index (χ0v) is 9.61. The molecule has 0 aromatic rings. The molecule has 0 aliphatic carbocycles. The fourth-order valence-corrected chi connectivity index (χ4v) is 1.19. The van der Waals surface area contributed by atoms with Crippen LogP contribution in [0.2, 0.25) is 0 Å². The number of aliphatic hydroxyl groups is 3. The largest absolute Gasteiger partial charge is 0.341 e. The van der Waals surface area contributed by atoms with Crippen LogP contribution in [0.5, 0.6) is 0 Å². The molecular formula is C9H12F8O3. The van der Waals surface area contributed by atoms with Crippen molar-refractivity contribution >= 4 is 0 Å². The van der Waals surface area contributed by atoms with Crippen molar-refractivity contribution in [2.75, 3.05) is 6.67 Å². The van der Waals surface area contributed by atoms with E-state index in [0.717, 1.165) is 0 Å². The summed E-state index contributed by atoms with van der Waals surface area (Å²) >= 11 is 0. The third kappa shape index (κ3) is 4.70. The Balaban J connectivity index is 4.80. The highest BCUT2D eigenvalue weighted by molar-refractivity contribution is 4.92. The Labute approximate surface area is 107 Å². The Hall–Kier alpha value is -0.680. The number of hydrogen-bond acceptors (Lipinski definition) is 3. The Morgan fingerprint density at radius 3 is 1.35 bits per heavy atom. The molecule has 0 aromatic heterocycles. The van der Waals surface area contributed by atoms with E-state index in [1.165, 1.54) is 0 Å². The van der Waals surface area contributed by atoms with Gasteiger partial charge >= 0.3 is 5.97 Å². The number of halogens is 8. The number of rotatable bonds is 8. The number of alkyl halides is 8. The molecule has 0 rings (SSSR count). The van der Waals surface area contributed by atoms with Crippen molar-refractivity contribution in [3.05, 3.63) is 0 Å². The minimum Gasteiger partial charge on any atom is -0.341 e. The van der Waals surface area contributed by atoms with Crippen LogP contribution in [0, 0.1) is 0 Å². The molecule has 7 unspecified atom stereocenters. The summed E-state index contributed by atoms with van der Waals surface area (Å²) in [5.41, 5.74) is 0. The van der Waals surface area contributed by atoms with Gasteiger partial charge < -0.3 is 15.3 Å². The summed E-state index contributed by atoms with van der Waals surface area (Å²) in [6.07, 6.45) is -25.4. The zero-order chi connectivity index (χ0) is 16.2. The maximum absolute atomic E-state index is 13.0. The van der Waals surface area contributed by atoms with Gasteiger partial charge in [-0.15, -0.1) is 0 Å². The molecule has 3 nitrogen and oxygen atoms in total. The molecule has 0 aromatic carbocycles. The molecule has 0 bridgehead atoms. The molecule has 0 spiro atoms. The third-order valence-corrected chi connectivity index (χ3v) is 2.36. The molecule has 122 valence electrons. The van der Waals surface area contributed by atoms with Crippen molar-refractivity contribution in [2.45, 2.75) is 49.2 Å². The van der Waals surface area contributed by atoms with Gasteiger partial charge in [0.05, 0.1) is 0 Å². The first-order valence-corrected chi connectivity index (χ1v) is 5.16. The Morgan fingerprint density at radius 1 is 0.650 bits per heavy atom. The summed E-state index contributed by atoms with van der Waals surface area (Å²) in [7, 11) is 0. The molecule has 0 radical (unpaired) electrons. The highest BCUT2D eigenvalue weighted by Gasteiger charge is 2.50. The minimum absolute atomic E-state index is 2.05. The predicted octanol–water partition coefficient (Wildman–Crippen LogP) is 0.953. The predicted molar refractivity (Wildman–Crippen MR) is 49.6 cm³/mol. The van der Waals surface area contributed by atoms with Crippen LogP contribution in [0.1, 0.15) is 0 Å². The SMILES string of the molecule is OC(O)(O)C(F)C(F)C(F)C(F)C(F)C(F)C(F)CF. The van der Waals surface area contributed by atoms with Crippen molar-refractivity contribution in [1.29, 1.82) is 0 Å². The van der Waals surface area contributed by atoms with Gasteiger partial charge in [0.1, 0.15) is 6.67 Å². The number of hydrogen-bond donors (Lipinski definition) is 3. The second-order valence-corrected chi connectivity index (χ2v) is 3.98. The molecule has 0 heterocycles. The average Bonchev–Trinajstić information content (AvgIpc) is 2.40. The van der Waals surface area contributed by atoms with Crippen LogP contribution in [0.4, 0.5) is 35.1 Å². The first kappa shape index (κ1) is 19.3. The summed E-state index contributed by atoms with van der Waals surface area (Å²) in [6, 6.07) is 0. The van der Waals surface area contributed by atoms with E-state index < -0.39 is 55.8 Å². The van der Waals surface area contributed by atoms with Crippen molar-refractivity contribution in [2.24, 2.45) is 0 Å². The first-order valence-electron chi connectivity index (χ1n) is 5.16. The molecule has 0 aliphatic heterocycles. The van der Waals surface area contributed by atoms with Crippen LogP contribution in [-0.4, -0.2) is 71.2 Å². The maximum Gasteiger partial charge on any atom is 0.311 e.